The molecule has 0 radical (unpaired) electrons. The Labute approximate surface area is 152 Å². The summed E-state index contributed by atoms with van der Waals surface area (Å²) in [7, 11) is 0. The van der Waals surface area contributed by atoms with E-state index in [1.165, 1.54) is 6.07 Å². The number of ether oxygens (including phenoxy) is 1. The molecule has 0 bridgehead atoms. The number of halogens is 1. The van der Waals surface area contributed by atoms with Gasteiger partial charge in [0.05, 0.1) is 12.2 Å². The lowest BCUT2D eigenvalue weighted by Gasteiger charge is -2.26. The second kappa shape index (κ2) is 8.27. The Morgan fingerprint density at radius 3 is 2.65 bits per heavy atom. The number of pyridine rings is 1. The van der Waals surface area contributed by atoms with Crippen LogP contribution in [0.4, 0.5) is 10.1 Å². The summed E-state index contributed by atoms with van der Waals surface area (Å²) < 4.78 is 19.7. The van der Waals surface area contributed by atoms with Crippen molar-refractivity contribution < 1.29 is 18.7 Å². The van der Waals surface area contributed by atoms with Crippen LogP contribution >= 0.6 is 0 Å². The summed E-state index contributed by atoms with van der Waals surface area (Å²) in [5, 5.41) is 3.86. The topological polar surface area (TPSA) is 76.5 Å². The van der Waals surface area contributed by atoms with Gasteiger partial charge in [-0.3, -0.25) is 9.59 Å². The van der Waals surface area contributed by atoms with Crippen molar-refractivity contribution in [3.8, 4) is 0 Å². The predicted octanol–water partition coefficient (Wildman–Crippen LogP) is 2.09. The molecule has 1 amide bonds. The van der Waals surface area contributed by atoms with Crippen molar-refractivity contribution in [2.75, 3.05) is 24.5 Å². The maximum absolute atomic E-state index is 13.3. The first-order valence-corrected chi connectivity index (χ1v) is 8.54. The summed E-state index contributed by atoms with van der Waals surface area (Å²) >= 11 is 0. The number of anilines is 1. The summed E-state index contributed by atoms with van der Waals surface area (Å²) in [6.07, 6.45) is 1.88. The lowest BCUT2D eigenvalue weighted by molar-refractivity contribution is -0.138. The molecular formula is C18H25FN4O3. The third-order valence-electron chi connectivity index (χ3n) is 3.79. The quantitative estimate of drug-likeness (QED) is 0.667. The summed E-state index contributed by atoms with van der Waals surface area (Å²) in [4.78, 5) is 27.2. The predicted molar refractivity (Wildman–Crippen MR) is 97.5 cm³/mol. The van der Waals surface area contributed by atoms with Crippen molar-refractivity contribution >= 4 is 29.1 Å². The van der Waals surface area contributed by atoms with Gasteiger partial charge in [-0.25, -0.2) is 4.98 Å². The van der Waals surface area contributed by atoms with Gasteiger partial charge in [0, 0.05) is 31.2 Å². The molecule has 0 aliphatic carbocycles. The number of fused-ring (bicyclic) bond motifs is 1. The van der Waals surface area contributed by atoms with Crippen molar-refractivity contribution in [3.05, 3.63) is 24.3 Å². The van der Waals surface area contributed by atoms with Crippen LogP contribution in [0, 0.1) is 5.95 Å². The SMILES string of the molecule is CC(C)(C)OC=O.CCn1cc(N2CCNCC2=O)c2ccc(F)nc21. The number of aryl methyl sites for hydroxylation is 1. The molecule has 1 aliphatic heterocycles. The second-order valence-corrected chi connectivity index (χ2v) is 6.85. The molecule has 1 saturated heterocycles. The van der Waals surface area contributed by atoms with Gasteiger partial charge in [0.15, 0.2) is 0 Å². The van der Waals surface area contributed by atoms with Gasteiger partial charge in [0.25, 0.3) is 6.47 Å². The fourth-order valence-electron chi connectivity index (χ4n) is 2.58. The van der Waals surface area contributed by atoms with E-state index in [9.17, 15) is 14.0 Å². The van der Waals surface area contributed by atoms with Crippen LogP contribution in [0.2, 0.25) is 0 Å². The van der Waals surface area contributed by atoms with E-state index in [1.807, 2.05) is 38.5 Å². The van der Waals surface area contributed by atoms with Crippen LogP contribution in [0.15, 0.2) is 18.3 Å². The lowest BCUT2D eigenvalue weighted by Crippen LogP contribution is -2.48. The Balaban J connectivity index is 0.000000298. The van der Waals surface area contributed by atoms with E-state index in [0.29, 0.717) is 31.8 Å². The number of hydrogen-bond donors (Lipinski definition) is 1. The van der Waals surface area contributed by atoms with Gasteiger partial charge in [-0.15, -0.1) is 0 Å². The van der Waals surface area contributed by atoms with Crippen LogP contribution in [-0.4, -0.2) is 47.2 Å². The highest BCUT2D eigenvalue weighted by Crippen LogP contribution is 2.28. The maximum atomic E-state index is 13.3. The first-order valence-electron chi connectivity index (χ1n) is 8.54. The molecule has 0 spiro atoms. The zero-order valence-electron chi connectivity index (χ0n) is 15.6. The van der Waals surface area contributed by atoms with E-state index < -0.39 is 5.95 Å². The molecule has 0 aromatic carbocycles. The molecule has 7 nitrogen and oxygen atoms in total. The second-order valence-electron chi connectivity index (χ2n) is 6.85. The number of carbonyl (C=O) groups is 2. The van der Waals surface area contributed by atoms with E-state index in [-0.39, 0.29) is 11.5 Å². The molecule has 1 aliphatic rings. The Morgan fingerprint density at radius 2 is 2.12 bits per heavy atom. The van der Waals surface area contributed by atoms with E-state index in [4.69, 9.17) is 0 Å². The molecule has 0 saturated carbocycles. The Bertz CT molecular complexity index is 783. The minimum absolute atomic E-state index is 0.0331. The number of amides is 1. The molecule has 2 aromatic heterocycles. The number of hydrogen-bond acceptors (Lipinski definition) is 5. The average Bonchev–Trinajstić information content (AvgIpc) is 2.92. The molecule has 26 heavy (non-hydrogen) atoms. The van der Waals surface area contributed by atoms with Gasteiger partial charge >= 0.3 is 0 Å². The fourth-order valence-corrected chi connectivity index (χ4v) is 2.58. The summed E-state index contributed by atoms with van der Waals surface area (Å²) in [6.45, 7) is 10.3. The minimum Gasteiger partial charge on any atom is -0.462 e. The minimum atomic E-state index is -0.501. The zero-order valence-corrected chi connectivity index (χ0v) is 15.6. The molecule has 3 rings (SSSR count). The van der Waals surface area contributed by atoms with E-state index in [1.54, 1.807) is 11.0 Å². The standard InChI is InChI=1S/C13H15FN4O.C5H10O2/c1-2-17-8-10(18-6-5-15-7-12(18)19)9-3-4-11(14)16-13(9)17;1-5(2,3)7-4-6/h3-4,8,15H,2,5-7H2,1H3;4H,1-3H3. The molecule has 2 aromatic rings. The highest BCUT2D eigenvalue weighted by Gasteiger charge is 2.23. The van der Waals surface area contributed by atoms with Crippen LogP contribution in [0.25, 0.3) is 11.0 Å². The largest absolute Gasteiger partial charge is 0.462 e. The molecule has 1 fully saturated rings. The van der Waals surface area contributed by atoms with Crippen molar-refractivity contribution in [1.82, 2.24) is 14.9 Å². The number of aromatic nitrogens is 2. The highest BCUT2D eigenvalue weighted by atomic mass is 19.1. The van der Waals surface area contributed by atoms with Gasteiger partial charge in [-0.1, -0.05) is 0 Å². The average molecular weight is 364 g/mol. The van der Waals surface area contributed by atoms with E-state index >= 15 is 0 Å². The monoisotopic (exact) mass is 364 g/mol. The van der Waals surface area contributed by atoms with E-state index in [2.05, 4.69) is 15.0 Å². The van der Waals surface area contributed by atoms with Gasteiger partial charge in [-0.05, 0) is 39.8 Å². The number of rotatable bonds is 3. The van der Waals surface area contributed by atoms with Gasteiger partial charge in [0.1, 0.15) is 11.2 Å². The number of nitrogens with one attached hydrogen (secondary N) is 1. The first-order chi connectivity index (χ1) is 12.3. The molecule has 8 heteroatoms. The molecule has 3 heterocycles. The van der Waals surface area contributed by atoms with Crippen LogP contribution in [0.1, 0.15) is 27.7 Å². The van der Waals surface area contributed by atoms with Gasteiger partial charge in [0.2, 0.25) is 11.9 Å². The molecule has 0 atom stereocenters. The molecule has 142 valence electrons. The number of carbonyl (C=O) groups excluding carboxylic acids is 2. The summed E-state index contributed by atoms with van der Waals surface area (Å²) in [5.74, 6) is -0.468. The summed E-state index contributed by atoms with van der Waals surface area (Å²) in [5.41, 5.74) is 1.08. The molecule has 0 unspecified atom stereocenters. The number of nitrogens with zero attached hydrogens (tertiary/aromatic N) is 3. The molecule has 1 N–H and O–H groups in total. The van der Waals surface area contributed by atoms with Crippen molar-refractivity contribution in [2.24, 2.45) is 0 Å². The zero-order chi connectivity index (χ0) is 19.3. The van der Waals surface area contributed by atoms with E-state index in [0.717, 1.165) is 17.6 Å². The van der Waals surface area contributed by atoms with Gasteiger partial charge in [-0.2, -0.15) is 4.39 Å². The third kappa shape index (κ3) is 4.78. The van der Waals surface area contributed by atoms with Crippen LogP contribution in [-0.2, 0) is 20.9 Å². The van der Waals surface area contributed by atoms with Crippen LogP contribution in [0.5, 0.6) is 0 Å². The van der Waals surface area contributed by atoms with Crippen LogP contribution < -0.4 is 10.2 Å². The number of piperazine rings is 1. The van der Waals surface area contributed by atoms with Crippen LogP contribution in [0.3, 0.4) is 0 Å². The Morgan fingerprint density at radius 1 is 1.38 bits per heavy atom. The van der Waals surface area contributed by atoms with Gasteiger partial charge < -0.3 is 19.5 Å². The fraction of sp³-hybridized carbons (Fsp3) is 0.500. The highest BCUT2D eigenvalue weighted by molar-refractivity contribution is 6.03. The Kier molecular flexibility index (Phi) is 6.31. The van der Waals surface area contributed by atoms with Crippen molar-refractivity contribution in [3.63, 3.8) is 0 Å². The summed E-state index contributed by atoms with van der Waals surface area (Å²) in [6, 6.07) is 3.02. The van der Waals surface area contributed by atoms with Crippen molar-refractivity contribution in [1.29, 1.82) is 0 Å². The lowest BCUT2D eigenvalue weighted by atomic mass is 10.2. The molecular weight excluding hydrogens is 339 g/mol. The third-order valence-corrected chi connectivity index (χ3v) is 3.79. The normalized spacial score (nSPS) is 14.8. The van der Waals surface area contributed by atoms with Crippen molar-refractivity contribution in [2.45, 2.75) is 39.8 Å². The first kappa shape index (κ1) is 19.8. The Hall–Kier alpha value is -2.48. The maximum Gasteiger partial charge on any atom is 0.293 e. The smallest absolute Gasteiger partial charge is 0.293 e.